The number of carbonyl (C=O) groups excluding carboxylic acids is 2. The molecule has 0 aliphatic carbocycles. The fourth-order valence-electron chi connectivity index (χ4n) is 2.60. The van der Waals surface area contributed by atoms with Crippen molar-refractivity contribution in [2.45, 2.75) is 19.4 Å². The van der Waals surface area contributed by atoms with E-state index in [-0.39, 0.29) is 11.8 Å². The lowest BCUT2D eigenvalue weighted by Gasteiger charge is -2.08. The summed E-state index contributed by atoms with van der Waals surface area (Å²) in [5, 5.41) is 5.74. The van der Waals surface area contributed by atoms with Gasteiger partial charge >= 0.3 is 0 Å². The molecule has 0 unspecified atom stereocenters. The van der Waals surface area contributed by atoms with Crippen molar-refractivity contribution in [3.63, 3.8) is 0 Å². The highest BCUT2D eigenvalue weighted by Gasteiger charge is 2.06. The predicted molar refractivity (Wildman–Crippen MR) is 105 cm³/mol. The van der Waals surface area contributed by atoms with Crippen LogP contribution in [-0.2, 0) is 17.8 Å². The zero-order chi connectivity index (χ0) is 18.9. The van der Waals surface area contributed by atoms with Gasteiger partial charge in [-0.15, -0.1) is 0 Å². The van der Waals surface area contributed by atoms with E-state index in [1.54, 1.807) is 18.3 Å². The summed E-state index contributed by atoms with van der Waals surface area (Å²) in [4.78, 5) is 28.0. The van der Waals surface area contributed by atoms with E-state index in [4.69, 9.17) is 0 Å². The number of rotatable bonds is 7. The Bertz CT molecular complexity index is 878. The number of nitrogens with zero attached hydrogens (tertiary/aromatic N) is 1. The van der Waals surface area contributed by atoms with Crippen LogP contribution in [0.25, 0.3) is 0 Å². The maximum atomic E-state index is 12.1. The molecule has 2 N–H and O–H groups in total. The molecule has 0 saturated carbocycles. The summed E-state index contributed by atoms with van der Waals surface area (Å²) in [6.07, 6.45) is 4.34. The Morgan fingerprint density at radius 3 is 2.33 bits per heavy atom. The van der Waals surface area contributed by atoms with Crippen LogP contribution < -0.4 is 10.6 Å². The van der Waals surface area contributed by atoms with Gasteiger partial charge in [0.2, 0.25) is 5.91 Å². The van der Waals surface area contributed by atoms with Crippen LogP contribution in [-0.4, -0.2) is 16.8 Å². The summed E-state index contributed by atoms with van der Waals surface area (Å²) >= 11 is 0. The van der Waals surface area contributed by atoms with E-state index in [0.29, 0.717) is 24.2 Å². The molecule has 2 amide bonds. The highest BCUT2D eigenvalue weighted by molar-refractivity contribution is 6.04. The van der Waals surface area contributed by atoms with E-state index in [9.17, 15) is 9.59 Å². The summed E-state index contributed by atoms with van der Waals surface area (Å²) < 4.78 is 0. The summed E-state index contributed by atoms with van der Waals surface area (Å²) in [6, 6.07) is 20.8. The number of nitrogens with one attached hydrogen (secondary N) is 2. The van der Waals surface area contributed by atoms with Crippen molar-refractivity contribution >= 4 is 17.5 Å². The first-order valence-corrected chi connectivity index (χ1v) is 8.81. The average molecular weight is 359 g/mol. The molecule has 1 aromatic heterocycles. The fourth-order valence-corrected chi connectivity index (χ4v) is 2.60. The second-order valence-electron chi connectivity index (χ2n) is 6.16. The van der Waals surface area contributed by atoms with Crippen LogP contribution in [0.15, 0.2) is 79.1 Å². The van der Waals surface area contributed by atoms with Gasteiger partial charge in [0.05, 0.1) is 5.56 Å². The van der Waals surface area contributed by atoms with E-state index in [2.05, 4.69) is 15.6 Å². The van der Waals surface area contributed by atoms with Crippen molar-refractivity contribution in [1.82, 2.24) is 10.3 Å². The normalized spacial score (nSPS) is 10.2. The van der Waals surface area contributed by atoms with Crippen LogP contribution in [0.3, 0.4) is 0 Å². The third-order valence-electron chi connectivity index (χ3n) is 4.11. The van der Waals surface area contributed by atoms with Gasteiger partial charge in [-0.05, 0) is 41.8 Å². The Morgan fingerprint density at radius 2 is 1.63 bits per heavy atom. The second kappa shape index (κ2) is 9.29. The molecule has 1 heterocycles. The topological polar surface area (TPSA) is 71.1 Å². The Kier molecular flexibility index (Phi) is 6.30. The number of benzene rings is 2. The van der Waals surface area contributed by atoms with Crippen LogP contribution in [0.4, 0.5) is 5.69 Å². The monoisotopic (exact) mass is 359 g/mol. The maximum absolute atomic E-state index is 12.1. The summed E-state index contributed by atoms with van der Waals surface area (Å²) in [6.45, 7) is 0.463. The number of hydrogen-bond donors (Lipinski definition) is 2. The molecular formula is C22H21N3O2. The van der Waals surface area contributed by atoms with Gasteiger partial charge in [-0.2, -0.15) is 0 Å². The smallest absolute Gasteiger partial charge is 0.257 e. The van der Waals surface area contributed by atoms with E-state index in [1.165, 1.54) is 6.20 Å². The van der Waals surface area contributed by atoms with Gasteiger partial charge in [-0.3, -0.25) is 14.6 Å². The summed E-state index contributed by atoms with van der Waals surface area (Å²) in [7, 11) is 0. The van der Waals surface area contributed by atoms with Crippen molar-refractivity contribution in [3.05, 3.63) is 95.8 Å². The quantitative estimate of drug-likeness (QED) is 0.677. The first kappa shape index (κ1) is 18.3. The molecule has 0 saturated heterocycles. The molecule has 5 nitrogen and oxygen atoms in total. The lowest BCUT2D eigenvalue weighted by atomic mass is 10.1. The Morgan fingerprint density at radius 1 is 0.852 bits per heavy atom. The highest BCUT2D eigenvalue weighted by Crippen LogP contribution is 2.11. The van der Waals surface area contributed by atoms with Crippen molar-refractivity contribution in [2.75, 3.05) is 5.32 Å². The van der Waals surface area contributed by atoms with Gasteiger partial charge in [-0.25, -0.2) is 0 Å². The molecule has 5 heteroatoms. The van der Waals surface area contributed by atoms with Crippen molar-refractivity contribution in [1.29, 1.82) is 0 Å². The first-order valence-electron chi connectivity index (χ1n) is 8.81. The molecule has 3 rings (SSSR count). The Labute approximate surface area is 158 Å². The van der Waals surface area contributed by atoms with Crippen molar-refractivity contribution < 1.29 is 9.59 Å². The molecule has 0 aliphatic heterocycles. The average Bonchev–Trinajstić information content (AvgIpc) is 2.73. The molecule has 3 aromatic rings. The van der Waals surface area contributed by atoms with Gasteiger partial charge < -0.3 is 10.6 Å². The minimum atomic E-state index is -0.204. The summed E-state index contributed by atoms with van der Waals surface area (Å²) in [5.41, 5.74) is 3.33. The van der Waals surface area contributed by atoms with E-state index in [1.807, 2.05) is 54.6 Å². The fraction of sp³-hybridized carbons (Fsp3) is 0.136. The number of anilines is 1. The molecule has 0 aliphatic rings. The van der Waals surface area contributed by atoms with Crippen LogP contribution in [0.1, 0.15) is 27.9 Å². The number of carbonyl (C=O) groups is 2. The third-order valence-corrected chi connectivity index (χ3v) is 4.11. The van der Waals surface area contributed by atoms with E-state index < -0.39 is 0 Å². The van der Waals surface area contributed by atoms with E-state index in [0.717, 1.165) is 17.5 Å². The molecule has 0 atom stereocenters. The molecule has 136 valence electrons. The Balaban J connectivity index is 1.45. The number of hydrogen-bond acceptors (Lipinski definition) is 3. The SMILES string of the molecule is O=C(CCc1ccccc1)NCc1ccc(NC(=O)c2cccnc2)cc1. The predicted octanol–water partition coefficient (Wildman–Crippen LogP) is 3.58. The number of amides is 2. The van der Waals surface area contributed by atoms with Crippen molar-refractivity contribution in [2.24, 2.45) is 0 Å². The molecule has 27 heavy (non-hydrogen) atoms. The first-order chi connectivity index (χ1) is 13.2. The molecular weight excluding hydrogens is 338 g/mol. The number of pyridine rings is 1. The van der Waals surface area contributed by atoms with Gasteiger partial charge in [0, 0.05) is 31.0 Å². The van der Waals surface area contributed by atoms with Crippen LogP contribution in [0, 0.1) is 0 Å². The molecule has 0 bridgehead atoms. The maximum Gasteiger partial charge on any atom is 0.257 e. The van der Waals surface area contributed by atoms with Gasteiger partial charge in [0.1, 0.15) is 0 Å². The largest absolute Gasteiger partial charge is 0.352 e. The van der Waals surface area contributed by atoms with Crippen LogP contribution >= 0.6 is 0 Å². The molecule has 0 fully saturated rings. The van der Waals surface area contributed by atoms with E-state index >= 15 is 0 Å². The lowest BCUT2D eigenvalue weighted by molar-refractivity contribution is -0.121. The van der Waals surface area contributed by atoms with Crippen molar-refractivity contribution in [3.8, 4) is 0 Å². The molecule has 2 aromatic carbocycles. The zero-order valence-corrected chi connectivity index (χ0v) is 14.9. The highest BCUT2D eigenvalue weighted by atomic mass is 16.2. The molecule has 0 radical (unpaired) electrons. The van der Waals surface area contributed by atoms with Crippen LogP contribution in [0.5, 0.6) is 0 Å². The minimum absolute atomic E-state index is 0.0211. The third kappa shape index (κ3) is 5.78. The standard InChI is InChI=1S/C22H21N3O2/c26-21(13-10-17-5-2-1-3-6-17)24-15-18-8-11-20(12-9-18)25-22(27)19-7-4-14-23-16-19/h1-9,11-12,14,16H,10,13,15H2,(H,24,26)(H,25,27). The van der Waals surface area contributed by atoms with Gasteiger partial charge in [0.25, 0.3) is 5.91 Å². The van der Waals surface area contributed by atoms with Gasteiger partial charge in [-0.1, -0.05) is 42.5 Å². The number of aromatic nitrogens is 1. The Hall–Kier alpha value is -3.47. The van der Waals surface area contributed by atoms with Crippen LogP contribution in [0.2, 0.25) is 0 Å². The zero-order valence-electron chi connectivity index (χ0n) is 14.9. The lowest BCUT2D eigenvalue weighted by Crippen LogP contribution is -2.23. The number of aryl methyl sites for hydroxylation is 1. The minimum Gasteiger partial charge on any atom is -0.352 e. The molecule has 0 spiro atoms. The summed E-state index contributed by atoms with van der Waals surface area (Å²) in [5.74, 6) is -0.183. The van der Waals surface area contributed by atoms with Gasteiger partial charge in [0.15, 0.2) is 0 Å². The second-order valence-corrected chi connectivity index (χ2v) is 6.16.